The summed E-state index contributed by atoms with van der Waals surface area (Å²) in [4.78, 5) is 24.4. The Morgan fingerprint density at radius 1 is 1.07 bits per heavy atom. The van der Waals surface area contributed by atoms with Gasteiger partial charge in [-0.25, -0.2) is 9.97 Å². The van der Waals surface area contributed by atoms with Crippen LogP contribution in [0.3, 0.4) is 0 Å². The number of carbonyl (C=O) groups is 1. The van der Waals surface area contributed by atoms with Crippen molar-refractivity contribution in [2.24, 2.45) is 23.2 Å². The number of nitrogens with zero attached hydrogens (tertiary/aromatic N) is 3. The van der Waals surface area contributed by atoms with Gasteiger partial charge in [-0.15, -0.1) is 0 Å². The van der Waals surface area contributed by atoms with E-state index in [1.165, 1.54) is 32.1 Å². The van der Waals surface area contributed by atoms with Crippen molar-refractivity contribution < 1.29 is 4.79 Å². The van der Waals surface area contributed by atoms with Crippen LogP contribution >= 0.6 is 0 Å². The van der Waals surface area contributed by atoms with Gasteiger partial charge in [0.15, 0.2) is 0 Å². The largest absolute Gasteiger partial charge is 0.368 e. The van der Waals surface area contributed by atoms with Crippen LogP contribution in [0.15, 0.2) is 6.07 Å². The first kappa shape index (κ1) is 18.2. The highest BCUT2D eigenvalue weighted by Crippen LogP contribution is 2.60. The third kappa shape index (κ3) is 3.46. The van der Waals surface area contributed by atoms with Crippen LogP contribution in [-0.4, -0.2) is 42.1 Å². The first-order valence-corrected chi connectivity index (χ1v) is 11.2. The Morgan fingerprint density at radius 2 is 1.71 bits per heavy atom. The lowest BCUT2D eigenvalue weighted by molar-refractivity contribution is -0.146. The monoisotopic (exact) mass is 383 g/mol. The van der Waals surface area contributed by atoms with E-state index in [-0.39, 0.29) is 5.41 Å². The molecule has 28 heavy (non-hydrogen) atoms. The first-order chi connectivity index (χ1) is 13.6. The third-order valence-electron chi connectivity index (χ3n) is 7.49. The van der Waals surface area contributed by atoms with Gasteiger partial charge in [0.2, 0.25) is 5.91 Å². The van der Waals surface area contributed by atoms with Gasteiger partial charge >= 0.3 is 0 Å². The molecule has 6 heteroatoms. The van der Waals surface area contributed by atoms with Gasteiger partial charge in [0.05, 0.1) is 0 Å². The highest BCUT2D eigenvalue weighted by atomic mass is 16.2. The van der Waals surface area contributed by atoms with Gasteiger partial charge in [0.1, 0.15) is 17.5 Å². The molecule has 4 saturated carbocycles. The van der Waals surface area contributed by atoms with E-state index in [4.69, 9.17) is 0 Å². The molecule has 2 N–H and O–H groups in total. The molecule has 6 nitrogen and oxygen atoms in total. The minimum atomic E-state index is -0.0524. The van der Waals surface area contributed by atoms with Gasteiger partial charge in [-0.1, -0.05) is 0 Å². The molecule has 0 spiro atoms. The van der Waals surface area contributed by atoms with Crippen molar-refractivity contribution >= 4 is 17.5 Å². The van der Waals surface area contributed by atoms with Crippen molar-refractivity contribution in [2.75, 3.05) is 36.4 Å². The van der Waals surface area contributed by atoms with Crippen LogP contribution in [0, 0.1) is 30.1 Å². The summed E-state index contributed by atoms with van der Waals surface area (Å²) < 4.78 is 0. The normalized spacial score (nSPS) is 33.3. The number of amides is 1. The molecule has 1 aromatic heterocycles. The van der Waals surface area contributed by atoms with Gasteiger partial charge in [0, 0.05) is 37.7 Å². The van der Waals surface area contributed by atoms with E-state index in [0.29, 0.717) is 19.0 Å². The fourth-order valence-electron chi connectivity index (χ4n) is 6.69. The molecule has 5 fully saturated rings. The highest BCUT2D eigenvalue weighted by molar-refractivity contribution is 5.83. The summed E-state index contributed by atoms with van der Waals surface area (Å²) in [6.07, 6.45) is 9.99. The Kier molecular flexibility index (Phi) is 4.68. The molecular formula is C22H33N5O. The lowest BCUT2D eigenvalue weighted by Crippen LogP contribution is -2.54. The molecule has 1 amide bonds. The van der Waals surface area contributed by atoms with E-state index in [1.807, 2.05) is 13.0 Å². The number of hydrogen-bond donors (Lipinski definition) is 2. The molecule has 0 radical (unpaired) electrons. The second kappa shape index (κ2) is 7.20. The molecule has 1 aliphatic heterocycles. The Labute approximate surface area is 167 Å². The van der Waals surface area contributed by atoms with Gasteiger partial charge in [-0.2, -0.15) is 0 Å². The maximum absolute atomic E-state index is 13.0. The minimum Gasteiger partial charge on any atom is -0.368 e. The molecule has 4 bridgehead atoms. The number of aromatic nitrogens is 2. The highest BCUT2D eigenvalue weighted by Gasteiger charge is 2.54. The SMILES string of the molecule is Cc1nc(NCCNC(=O)C23CC4CC(CC(C4)C2)C3)cc(N2CCCC2)n1. The van der Waals surface area contributed by atoms with Crippen molar-refractivity contribution in [3.05, 3.63) is 11.9 Å². The van der Waals surface area contributed by atoms with Gasteiger partial charge < -0.3 is 15.5 Å². The maximum atomic E-state index is 13.0. The Morgan fingerprint density at radius 3 is 2.36 bits per heavy atom. The van der Waals surface area contributed by atoms with Crippen LogP contribution < -0.4 is 15.5 Å². The summed E-state index contributed by atoms with van der Waals surface area (Å²) in [5.41, 5.74) is -0.0524. The number of aryl methyl sites for hydroxylation is 1. The molecule has 2 heterocycles. The average Bonchev–Trinajstić information content (AvgIpc) is 3.18. The van der Waals surface area contributed by atoms with Crippen molar-refractivity contribution in [1.29, 1.82) is 0 Å². The number of carbonyl (C=O) groups excluding carboxylic acids is 1. The van der Waals surface area contributed by atoms with Crippen LogP contribution in [-0.2, 0) is 4.79 Å². The fourth-order valence-corrected chi connectivity index (χ4v) is 6.69. The Bertz CT molecular complexity index is 707. The van der Waals surface area contributed by atoms with Gasteiger partial charge in [0.25, 0.3) is 0 Å². The summed E-state index contributed by atoms with van der Waals surface area (Å²) in [6, 6.07) is 2.04. The zero-order chi connectivity index (χ0) is 19.1. The molecule has 6 rings (SSSR count). The minimum absolute atomic E-state index is 0.0524. The van der Waals surface area contributed by atoms with Crippen molar-refractivity contribution in [3.8, 4) is 0 Å². The number of hydrogen-bond acceptors (Lipinski definition) is 5. The van der Waals surface area contributed by atoms with Crippen molar-refractivity contribution in [3.63, 3.8) is 0 Å². The van der Waals surface area contributed by atoms with E-state index in [1.54, 1.807) is 0 Å². The second-order valence-corrected chi connectivity index (χ2v) is 9.73. The predicted molar refractivity (Wildman–Crippen MR) is 110 cm³/mol. The number of rotatable bonds is 6. The standard InChI is InChI=1S/C22H33N5O/c1-15-25-19(11-20(26-15)27-6-2-3-7-27)23-4-5-24-21(28)22-12-16-8-17(13-22)10-18(9-16)14-22/h11,16-18H,2-10,12-14H2,1H3,(H,24,28)(H,23,25,26). The molecule has 0 atom stereocenters. The summed E-state index contributed by atoms with van der Waals surface area (Å²) in [6.45, 7) is 5.46. The summed E-state index contributed by atoms with van der Waals surface area (Å²) in [7, 11) is 0. The van der Waals surface area contributed by atoms with E-state index in [0.717, 1.165) is 67.6 Å². The summed E-state index contributed by atoms with van der Waals surface area (Å²) in [5, 5.41) is 6.63. The van der Waals surface area contributed by atoms with E-state index in [9.17, 15) is 4.79 Å². The lowest BCUT2D eigenvalue weighted by Gasteiger charge is -2.55. The van der Waals surface area contributed by atoms with Gasteiger partial charge in [-0.3, -0.25) is 4.79 Å². The average molecular weight is 384 g/mol. The summed E-state index contributed by atoms with van der Waals surface area (Å²) in [5.74, 6) is 5.41. The second-order valence-electron chi connectivity index (χ2n) is 9.73. The van der Waals surface area contributed by atoms with Crippen molar-refractivity contribution in [2.45, 2.75) is 58.3 Å². The van der Waals surface area contributed by atoms with Crippen LogP contribution in [0.4, 0.5) is 11.6 Å². The van der Waals surface area contributed by atoms with Gasteiger partial charge in [-0.05, 0) is 76.0 Å². The Hall–Kier alpha value is -1.85. The molecule has 1 saturated heterocycles. The topological polar surface area (TPSA) is 70.2 Å². The van der Waals surface area contributed by atoms with Crippen LogP contribution in [0.1, 0.15) is 57.2 Å². The number of anilines is 2. The molecule has 0 aromatic carbocycles. The zero-order valence-corrected chi connectivity index (χ0v) is 17.0. The smallest absolute Gasteiger partial charge is 0.226 e. The molecule has 0 unspecified atom stereocenters. The Balaban J connectivity index is 1.14. The molecule has 1 aromatic rings. The number of nitrogens with one attached hydrogen (secondary N) is 2. The molecule has 5 aliphatic rings. The maximum Gasteiger partial charge on any atom is 0.226 e. The lowest BCUT2D eigenvalue weighted by atomic mass is 9.49. The third-order valence-corrected chi connectivity index (χ3v) is 7.49. The van der Waals surface area contributed by atoms with E-state index < -0.39 is 0 Å². The van der Waals surface area contributed by atoms with E-state index >= 15 is 0 Å². The molecule has 4 aliphatic carbocycles. The van der Waals surface area contributed by atoms with E-state index in [2.05, 4.69) is 25.5 Å². The van der Waals surface area contributed by atoms with Crippen LogP contribution in [0.5, 0.6) is 0 Å². The van der Waals surface area contributed by atoms with Crippen LogP contribution in [0.2, 0.25) is 0 Å². The quantitative estimate of drug-likeness (QED) is 0.739. The summed E-state index contributed by atoms with van der Waals surface area (Å²) >= 11 is 0. The predicted octanol–water partition coefficient (Wildman–Crippen LogP) is 3.13. The zero-order valence-electron chi connectivity index (χ0n) is 17.0. The van der Waals surface area contributed by atoms with Crippen LogP contribution in [0.25, 0.3) is 0 Å². The van der Waals surface area contributed by atoms with Crippen molar-refractivity contribution in [1.82, 2.24) is 15.3 Å². The first-order valence-electron chi connectivity index (χ1n) is 11.2. The molecular weight excluding hydrogens is 350 g/mol. The molecule has 152 valence electrons. The fraction of sp³-hybridized carbons (Fsp3) is 0.773.